The van der Waals surface area contributed by atoms with Crippen LogP contribution in [0, 0.1) is 11.3 Å². The summed E-state index contributed by atoms with van der Waals surface area (Å²) in [5, 5.41) is 9.56. The average Bonchev–Trinajstić information content (AvgIpc) is 2.39. The first-order chi connectivity index (χ1) is 8.62. The highest BCUT2D eigenvalue weighted by Gasteiger charge is 2.41. The lowest BCUT2D eigenvalue weighted by molar-refractivity contribution is -0.152. The Balaban J connectivity index is 1.87. The summed E-state index contributed by atoms with van der Waals surface area (Å²) in [6, 6.07) is 0. The minimum Gasteiger partial charge on any atom is -0.481 e. The third-order valence-electron chi connectivity index (χ3n) is 4.70. The Bertz CT molecular complexity index is 279. The smallest absolute Gasteiger partial charge is 0.309 e. The summed E-state index contributed by atoms with van der Waals surface area (Å²) < 4.78 is 5.32. The Labute approximate surface area is 109 Å². The Morgan fingerprint density at radius 2 is 1.94 bits per heavy atom. The summed E-state index contributed by atoms with van der Waals surface area (Å²) in [5.74, 6) is 0.114. The fourth-order valence-electron chi connectivity index (χ4n) is 3.08. The standard InChI is InChI=1S/C14H25NO3/c1-12-2-4-14(5-3-12,13(16)17)6-7-15-8-10-18-11-9-15/h12H,2-11H2,1H3,(H,16,17). The molecule has 104 valence electrons. The Morgan fingerprint density at radius 1 is 1.33 bits per heavy atom. The molecule has 1 aliphatic heterocycles. The SMILES string of the molecule is CC1CCC(CCN2CCOCC2)(C(=O)O)CC1. The van der Waals surface area contributed by atoms with E-state index in [4.69, 9.17) is 4.74 Å². The maximum Gasteiger partial charge on any atom is 0.309 e. The predicted molar refractivity (Wildman–Crippen MR) is 69.6 cm³/mol. The zero-order valence-corrected chi connectivity index (χ0v) is 11.4. The van der Waals surface area contributed by atoms with E-state index in [9.17, 15) is 9.90 Å². The van der Waals surface area contributed by atoms with Gasteiger partial charge in [-0.3, -0.25) is 9.69 Å². The van der Waals surface area contributed by atoms with Crippen molar-refractivity contribution < 1.29 is 14.6 Å². The van der Waals surface area contributed by atoms with Crippen molar-refractivity contribution in [3.05, 3.63) is 0 Å². The van der Waals surface area contributed by atoms with Crippen LogP contribution in [0.25, 0.3) is 0 Å². The van der Waals surface area contributed by atoms with Crippen LogP contribution in [0.5, 0.6) is 0 Å². The van der Waals surface area contributed by atoms with E-state index in [0.717, 1.165) is 65.0 Å². The average molecular weight is 255 g/mol. The maximum atomic E-state index is 11.6. The molecule has 0 atom stereocenters. The number of rotatable bonds is 4. The van der Waals surface area contributed by atoms with Crippen LogP contribution in [0.4, 0.5) is 0 Å². The van der Waals surface area contributed by atoms with Crippen molar-refractivity contribution in [3.63, 3.8) is 0 Å². The molecule has 0 aromatic rings. The van der Waals surface area contributed by atoms with Crippen LogP contribution >= 0.6 is 0 Å². The first-order valence-electron chi connectivity index (χ1n) is 7.16. The van der Waals surface area contributed by atoms with Crippen LogP contribution in [-0.2, 0) is 9.53 Å². The van der Waals surface area contributed by atoms with E-state index < -0.39 is 11.4 Å². The van der Waals surface area contributed by atoms with Crippen LogP contribution in [-0.4, -0.2) is 48.8 Å². The lowest BCUT2D eigenvalue weighted by Crippen LogP contribution is -2.42. The van der Waals surface area contributed by atoms with Crippen molar-refractivity contribution in [2.75, 3.05) is 32.8 Å². The zero-order valence-electron chi connectivity index (χ0n) is 11.4. The zero-order chi connectivity index (χ0) is 13.0. The van der Waals surface area contributed by atoms with Gasteiger partial charge in [0.1, 0.15) is 0 Å². The van der Waals surface area contributed by atoms with Gasteiger partial charge in [0.25, 0.3) is 0 Å². The lowest BCUT2D eigenvalue weighted by Gasteiger charge is -2.38. The fourth-order valence-corrected chi connectivity index (χ4v) is 3.08. The summed E-state index contributed by atoms with van der Waals surface area (Å²) in [7, 11) is 0. The summed E-state index contributed by atoms with van der Waals surface area (Å²) >= 11 is 0. The van der Waals surface area contributed by atoms with Gasteiger partial charge in [-0.25, -0.2) is 0 Å². The molecule has 1 N–H and O–H groups in total. The van der Waals surface area contributed by atoms with Crippen LogP contribution in [0.1, 0.15) is 39.0 Å². The molecule has 2 aliphatic rings. The molecule has 0 spiro atoms. The maximum absolute atomic E-state index is 11.6. The van der Waals surface area contributed by atoms with E-state index in [-0.39, 0.29) is 0 Å². The van der Waals surface area contributed by atoms with Crippen molar-refractivity contribution in [1.29, 1.82) is 0 Å². The number of carboxylic acids is 1. The van der Waals surface area contributed by atoms with E-state index in [1.54, 1.807) is 0 Å². The molecule has 0 amide bonds. The van der Waals surface area contributed by atoms with Crippen molar-refractivity contribution in [1.82, 2.24) is 4.90 Å². The second-order valence-electron chi connectivity index (χ2n) is 5.97. The van der Waals surface area contributed by atoms with Crippen molar-refractivity contribution in [2.24, 2.45) is 11.3 Å². The molecule has 0 radical (unpaired) electrons. The second kappa shape index (κ2) is 6.02. The molecule has 1 heterocycles. The number of hydrogen-bond acceptors (Lipinski definition) is 3. The topological polar surface area (TPSA) is 49.8 Å². The van der Waals surface area contributed by atoms with Crippen molar-refractivity contribution >= 4 is 5.97 Å². The number of morpholine rings is 1. The van der Waals surface area contributed by atoms with Gasteiger partial charge in [-0.15, -0.1) is 0 Å². The molecule has 2 fully saturated rings. The van der Waals surface area contributed by atoms with Gasteiger partial charge in [0.15, 0.2) is 0 Å². The van der Waals surface area contributed by atoms with Gasteiger partial charge in [0.2, 0.25) is 0 Å². The Kier molecular flexibility index (Phi) is 4.62. The van der Waals surface area contributed by atoms with Gasteiger partial charge >= 0.3 is 5.97 Å². The number of nitrogens with zero attached hydrogens (tertiary/aromatic N) is 1. The van der Waals surface area contributed by atoms with Crippen LogP contribution < -0.4 is 0 Å². The molecular formula is C14H25NO3. The predicted octanol–water partition coefficient (Wildman–Crippen LogP) is 1.99. The quantitative estimate of drug-likeness (QED) is 0.834. The van der Waals surface area contributed by atoms with Crippen molar-refractivity contribution in [2.45, 2.75) is 39.0 Å². The van der Waals surface area contributed by atoms with Crippen LogP contribution in [0.2, 0.25) is 0 Å². The Hall–Kier alpha value is -0.610. The molecular weight excluding hydrogens is 230 g/mol. The highest BCUT2D eigenvalue weighted by molar-refractivity contribution is 5.74. The fraction of sp³-hybridized carbons (Fsp3) is 0.929. The summed E-state index contributed by atoms with van der Waals surface area (Å²) in [4.78, 5) is 14.0. The van der Waals surface area contributed by atoms with Crippen LogP contribution in [0.15, 0.2) is 0 Å². The highest BCUT2D eigenvalue weighted by Crippen LogP contribution is 2.41. The molecule has 0 aromatic carbocycles. The molecule has 0 bridgehead atoms. The molecule has 2 rings (SSSR count). The lowest BCUT2D eigenvalue weighted by atomic mass is 9.69. The van der Waals surface area contributed by atoms with Gasteiger partial charge in [-0.05, 0) is 44.6 Å². The van der Waals surface area contributed by atoms with E-state index in [2.05, 4.69) is 11.8 Å². The van der Waals surface area contributed by atoms with Crippen molar-refractivity contribution in [3.8, 4) is 0 Å². The molecule has 1 aliphatic carbocycles. The largest absolute Gasteiger partial charge is 0.481 e. The minimum atomic E-state index is -0.581. The van der Waals surface area contributed by atoms with E-state index in [0.29, 0.717) is 5.92 Å². The van der Waals surface area contributed by atoms with Gasteiger partial charge in [-0.1, -0.05) is 6.92 Å². The first kappa shape index (κ1) is 13.8. The normalized spacial score (nSPS) is 34.4. The third-order valence-corrected chi connectivity index (χ3v) is 4.70. The number of ether oxygens (including phenoxy) is 1. The van der Waals surface area contributed by atoms with Gasteiger partial charge in [0, 0.05) is 13.1 Å². The molecule has 0 unspecified atom stereocenters. The van der Waals surface area contributed by atoms with E-state index in [1.165, 1.54) is 0 Å². The number of carbonyl (C=O) groups is 1. The molecule has 4 heteroatoms. The number of carboxylic acid groups (broad SMARTS) is 1. The minimum absolute atomic E-state index is 0.454. The molecule has 1 saturated carbocycles. The number of aliphatic carboxylic acids is 1. The monoisotopic (exact) mass is 255 g/mol. The summed E-state index contributed by atoms with van der Waals surface area (Å²) in [6.07, 6.45) is 4.64. The Morgan fingerprint density at radius 3 is 2.50 bits per heavy atom. The number of hydrogen-bond donors (Lipinski definition) is 1. The van der Waals surface area contributed by atoms with Crippen LogP contribution in [0.3, 0.4) is 0 Å². The summed E-state index contributed by atoms with van der Waals surface area (Å²) in [5.41, 5.74) is -0.454. The first-order valence-corrected chi connectivity index (χ1v) is 7.16. The van der Waals surface area contributed by atoms with Gasteiger partial charge in [-0.2, -0.15) is 0 Å². The van der Waals surface area contributed by atoms with Gasteiger partial charge < -0.3 is 9.84 Å². The summed E-state index contributed by atoms with van der Waals surface area (Å²) in [6.45, 7) is 6.62. The molecule has 1 saturated heterocycles. The highest BCUT2D eigenvalue weighted by atomic mass is 16.5. The van der Waals surface area contributed by atoms with E-state index >= 15 is 0 Å². The van der Waals surface area contributed by atoms with E-state index in [1.807, 2.05) is 0 Å². The molecule has 18 heavy (non-hydrogen) atoms. The third kappa shape index (κ3) is 3.23. The molecule has 4 nitrogen and oxygen atoms in total. The molecule has 0 aromatic heterocycles. The second-order valence-corrected chi connectivity index (χ2v) is 5.97. The van der Waals surface area contributed by atoms with Gasteiger partial charge in [0.05, 0.1) is 18.6 Å².